The Labute approximate surface area is 136 Å². The third kappa shape index (κ3) is 2.79. The number of hydrogen-bond acceptors (Lipinski definition) is 5. The van der Waals surface area contributed by atoms with Gasteiger partial charge in [0, 0.05) is 29.8 Å². The standard InChI is InChI=1S/C16H17N3O3S/c1-9(2)14-18-15-13(16(21)19(14)6-5-12(17)20)10(8-23-15)11-4-3-7-22-11/h3-4,7-9H,5-6H2,1-2H3,(H2,17,20). The van der Waals surface area contributed by atoms with Crippen LogP contribution in [-0.2, 0) is 11.3 Å². The van der Waals surface area contributed by atoms with Crippen molar-refractivity contribution >= 4 is 27.5 Å². The third-order valence-electron chi connectivity index (χ3n) is 3.61. The van der Waals surface area contributed by atoms with Crippen LogP contribution >= 0.6 is 11.3 Å². The van der Waals surface area contributed by atoms with E-state index in [4.69, 9.17) is 10.2 Å². The molecular formula is C16H17N3O3S. The number of furan rings is 1. The van der Waals surface area contributed by atoms with Gasteiger partial charge in [0.2, 0.25) is 5.91 Å². The van der Waals surface area contributed by atoms with Crippen LogP contribution in [-0.4, -0.2) is 15.5 Å². The number of aromatic nitrogens is 2. The van der Waals surface area contributed by atoms with Gasteiger partial charge in [0.25, 0.3) is 5.56 Å². The Morgan fingerprint density at radius 3 is 2.87 bits per heavy atom. The lowest BCUT2D eigenvalue weighted by molar-refractivity contribution is -0.118. The summed E-state index contributed by atoms with van der Waals surface area (Å²) >= 11 is 1.41. The quantitative estimate of drug-likeness (QED) is 0.778. The minimum absolute atomic E-state index is 0.0640. The molecule has 23 heavy (non-hydrogen) atoms. The van der Waals surface area contributed by atoms with Gasteiger partial charge < -0.3 is 10.2 Å². The molecule has 0 aliphatic rings. The van der Waals surface area contributed by atoms with Crippen LogP contribution in [0.5, 0.6) is 0 Å². The summed E-state index contributed by atoms with van der Waals surface area (Å²) in [5.74, 6) is 0.919. The number of rotatable bonds is 5. The molecule has 2 N–H and O–H groups in total. The van der Waals surface area contributed by atoms with Crippen molar-refractivity contribution in [3.8, 4) is 11.3 Å². The summed E-state index contributed by atoms with van der Waals surface area (Å²) in [6.07, 6.45) is 1.67. The first-order chi connectivity index (χ1) is 11.0. The lowest BCUT2D eigenvalue weighted by atomic mass is 10.1. The lowest BCUT2D eigenvalue weighted by Crippen LogP contribution is -2.28. The van der Waals surface area contributed by atoms with Crippen LogP contribution in [0.15, 0.2) is 33.0 Å². The Morgan fingerprint density at radius 2 is 2.26 bits per heavy atom. The average Bonchev–Trinajstić information content (AvgIpc) is 3.14. The van der Waals surface area contributed by atoms with E-state index in [0.29, 0.717) is 21.8 Å². The van der Waals surface area contributed by atoms with Crippen molar-refractivity contribution in [1.82, 2.24) is 9.55 Å². The maximum absolute atomic E-state index is 13.0. The zero-order valence-corrected chi connectivity index (χ0v) is 13.7. The summed E-state index contributed by atoms with van der Waals surface area (Å²) in [6, 6.07) is 3.59. The highest BCUT2D eigenvalue weighted by atomic mass is 32.1. The van der Waals surface area contributed by atoms with Crippen molar-refractivity contribution in [2.75, 3.05) is 0 Å². The minimum atomic E-state index is -0.441. The average molecular weight is 331 g/mol. The van der Waals surface area contributed by atoms with E-state index in [1.165, 1.54) is 11.3 Å². The van der Waals surface area contributed by atoms with Crippen LogP contribution in [0.2, 0.25) is 0 Å². The zero-order valence-electron chi connectivity index (χ0n) is 12.9. The predicted octanol–water partition coefficient (Wildman–Crippen LogP) is 2.72. The number of amides is 1. The molecule has 0 aromatic carbocycles. The van der Waals surface area contributed by atoms with Crippen molar-refractivity contribution in [2.24, 2.45) is 5.73 Å². The molecule has 0 saturated heterocycles. The topological polar surface area (TPSA) is 91.1 Å². The Hall–Kier alpha value is -2.41. The van der Waals surface area contributed by atoms with Crippen LogP contribution in [0, 0.1) is 0 Å². The Balaban J connectivity index is 2.24. The molecule has 6 nitrogen and oxygen atoms in total. The molecule has 0 aliphatic carbocycles. The summed E-state index contributed by atoms with van der Waals surface area (Å²) in [5.41, 5.74) is 5.80. The molecule has 0 fully saturated rings. The van der Waals surface area contributed by atoms with E-state index < -0.39 is 5.91 Å². The molecule has 3 aromatic rings. The first-order valence-corrected chi connectivity index (χ1v) is 8.21. The van der Waals surface area contributed by atoms with Crippen molar-refractivity contribution in [1.29, 1.82) is 0 Å². The third-order valence-corrected chi connectivity index (χ3v) is 4.48. The predicted molar refractivity (Wildman–Crippen MR) is 89.5 cm³/mol. The second kappa shape index (κ2) is 6.00. The first kappa shape index (κ1) is 15.5. The fourth-order valence-corrected chi connectivity index (χ4v) is 3.46. The highest BCUT2D eigenvalue weighted by molar-refractivity contribution is 7.17. The molecule has 3 rings (SSSR count). The molecule has 7 heteroatoms. The van der Waals surface area contributed by atoms with Gasteiger partial charge in [-0.05, 0) is 12.1 Å². The van der Waals surface area contributed by atoms with E-state index in [9.17, 15) is 9.59 Å². The van der Waals surface area contributed by atoms with Crippen LogP contribution < -0.4 is 11.3 Å². The Bertz CT molecular complexity index is 907. The number of fused-ring (bicyclic) bond motifs is 1. The molecule has 1 amide bonds. The summed E-state index contributed by atoms with van der Waals surface area (Å²) in [5, 5.41) is 2.40. The van der Waals surface area contributed by atoms with Gasteiger partial charge in [-0.1, -0.05) is 13.8 Å². The first-order valence-electron chi connectivity index (χ1n) is 7.33. The molecule has 0 atom stereocenters. The van der Waals surface area contributed by atoms with Crippen molar-refractivity contribution in [3.05, 3.63) is 40.0 Å². The number of carbonyl (C=O) groups is 1. The summed E-state index contributed by atoms with van der Waals surface area (Å²) in [7, 11) is 0. The number of hydrogen-bond donors (Lipinski definition) is 1. The Morgan fingerprint density at radius 1 is 1.48 bits per heavy atom. The molecule has 0 bridgehead atoms. The SMILES string of the molecule is CC(C)c1nc2scc(-c3ccco3)c2c(=O)n1CCC(N)=O. The fourth-order valence-electron chi connectivity index (χ4n) is 2.53. The van der Waals surface area contributed by atoms with Gasteiger partial charge >= 0.3 is 0 Å². The van der Waals surface area contributed by atoms with Gasteiger partial charge in [-0.3, -0.25) is 14.2 Å². The Kier molecular flexibility index (Phi) is 4.04. The second-order valence-electron chi connectivity index (χ2n) is 5.60. The molecular weight excluding hydrogens is 314 g/mol. The molecule has 0 spiro atoms. The molecule has 0 radical (unpaired) electrons. The maximum atomic E-state index is 13.0. The molecule has 120 valence electrons. The fraction of sp³-hybridized carbons (Fsp3) is 0.312. The van der Waals surface area contributed by atoms with Gasteiger partial charge in [0.15, 0.2) is 0 Å². The van der Waals surface area contributed by atoms with E-state index in [1.54, 1.807) is 16.9 Å². The van der Waals surface area contributed by atoms with E-state index >= 15 is 0 Å². The highest BCUT2D eigenvalue weighted by Crippen LogP contribution is 2.31. The summed E-state index contributed by atoms with van der Waals surface area (Å²) in [4.78, 5) is 29.4. The van der Waals surface area contributed by atoms with Gasteiger partial charge in [0.05, 0.1) is 11.6 Å². The number of carbonyl (C=O) groups excluding carboxylic acids is 1. The summed E-state index contributed by atoms with van der Waals surface area (Å²) < 4.78 is 6.97. The van der Waals surface area contributed by atoms with E-state index in [0.717, 1.165) is 5.56 Å². The van der Waals surface area contributed by atoms with Crippen molar-refractivity contribution < 1.29 is 9.21 Å². The number of primary amides is 1. The molecule has 3 heterocycles. The lowest BCUT2D eigenvalue weighted by Gasteiger charge is -2.14. The normalized spacial score (nSPS) is 11.4. The molecule has 3 aromatic heterocycles. The van der Waals surface area contributed by atoms with Crippen LogP contribution in [0.25, 0.3) is 21.5 Å². The monoisotopic (exact) mass is 331 g/mol. The minimum Gasteiger partial charge on any atom is -0.464 e. The second-order valence-corrected chi connectivity index (χ2v) is 6.46. The van der Waals surface area contributed by atoms with Gasteiger partial charge in [-0.2, -0.15) is 0 Å². The van der Waals surface area contributed by atoms with Crippen LogP contribution in [0.3, 0.4) is 0 Å². The van der Waals surface area contributed by atoms with E-state index in [1.807, 2.05) is 25.3 Å². The smallest absolute Gasteiger partial charge is 0.263 e. The number of nitrogens with two attached hydrogens (primary N) is 1. The van der Waals surface area contributed by atoms with Gasteiger partial charge in [-0.15, -0.1) is 11.3 Å². The zero-order chi connectivity index (χ0) is 16.6. The van der Waals surface area contributed by atoms with Gasteiger partial charge in [0.1, 0.15) is 16.4 Å². The van der Waals surface area contributed by atoms with E-state index in [-0.39, 0.29) is 24.4 Å². The number of nitrogens with zero attached hydrogens (tertiary/aromatic N) is 2. The molecule has 0 aliphatic heterocycles. The largest absolute Gasteiger partial charge is 0.464 e. The van der Waals surface area contributed by atoms with Crippen LogP contribution in [0.1, 0.15) is 32.0 Å². The highest BCUT2D eigenvalue weighted by Gasteiger charge is 2.19. The summed E-state index contributed by atoms with van der Waals surface area (Å²) in [6.45, 7) is 4.17. The molecule has 0 saturated carbocycles. The van der Waals surface area contributed by atoms with Crippen LogP contribution in [0.4, 0.5) is 0 Å². The van der Waals surface area contributed by atoms with Crippen molar-refractivity contribution in [3.63, 3.8) is 0 Å². The maximum Gasteiger partial charge on any atom is 0.263 e. The van der Waals surface area contributed by atoms with Crippen molar-refractivity contribution in [2.45, 2.75) is 32.7 Å². The van der Waals surface area contributed by atoms with E-state index in [2.05, 4.69) is 4.98 Å². The van der Waals surface area contributed by atoms with Gasteiger partial charge in [-0.25, -0.2) is 4.98 Å². The molecule has 0 unspecified atom stereocenters. The number of thiophene rings is 1.